The summed E-state index contributed by atoms with van der Waals surface area (Å²) in [5, 5.41) is 0. The molecule has 0 aliphatic carbocycles. The molecule has 0 amide bonds. The minimum Gasteiger partial charge on any atom is -0.493 e. The van der Waals surface area contributed by atoms with Crippen molar-refractivity contribution in [3.05, 3.63) is 29.3 Å². The Morgan fingerprint density at radius 2 is 2.43 bits per heavy atom. The van der Waals surface area contributed by atoms with Crippen LogP contribution in [0.4, 0.5) is 0 Å². The number of esters is 1. The Labute approximate surface area is 82.6 Å². The highest BCUT2D eigenvalue weighted by atomic mass is 16.5. The topological polar surface area (TPSA) is 35.5 Å². The lowest BCUT2D eigenvalue weighted by Crippen LogP contribution is -1.98. The van der Waals surface area contributed by atoms with Crippen LogP contribution in [-0.4, -0.2) is 12.6 Å². The number of carbonyl (C=O) groups excluding carboxylic acids is 1. The van der Waals surface area contributed by atoms with Gasteiger partial charge >= 0.3 is 5.97 Å². The highest BCUT2D eigenvalue weighted by molar-refractivity contribution is 5.65. The molecule has 0 saturated heterocycles. The van der Waals surface area contributed by atoms with Crippen LogP contribution in [0.3, 0.4) is 0 Å². The summed E-state index contributed by atoms with van der Waals surface area (Å²) in [4.78, 5) is 10.6. The van der Waals surface area contributed by atoms with Crippen molar-refractivity contribution in [1.82, 2.24) is 0 Å². The average molecular weight is 192 g/mol. The number of hydrogen-bond acceptors (Lipinski definition) is 3. The number of rotatable bonds is 2. The molecule has 0 fully saturated rings. The zero-order chi connectivity index (χ0) is 9.97. The van der Waals surface area contributed by atoms with E-state index < -0.39 is 0 Å². The number of ether oxygens (including phenoxy) is 2. The smallest absolute Gasteiger partial charge is 0.302 e. The van der Waals surface area contributed by atoms with E-state index in [-0.39, 0.29) is 5.97 Å². The third-order valence-electron chi connectivity index (χ3n) is 2.20. The summed E-state index contributed by atoms with van der Waals surface area (Å²) >= 11 is 0. The molecule has 14 heavy (non-hydrogen) atoms. The van der Waals surface area contributed by atoms with Crippen LogP contribution in [0.5, 0.6) is 5.75 Å². The largest absolute Gasteiger partial charge is 0.493 e. The van der Waals surface area contributed by atoms with Gasteiger partial charge in [0.1, 0.15) is 12.4 Å². The molecule has 0 unspecified atom stereocenters. The molecule has 1 aliphatic rings. The fourth-order valence-electron chi connectivity index (χ4n) is 1.51. The second-order valence-electron chi connectivity index (χ2n) is 3.32. The molecule has 0 atom stereocenters. The van der Waals surface area contributed by atoms with Gasteiger partial charge in [-0.05, 0) is 23.3 Å². The van der Waals surface area contributed by atoms with Crippen LogP contribution in [0.1, 0.15) is 18.1 Å². The number of carbonyl (C=O) groups is 1. The second kappa shape index (κ2) is 3.70. The van der Waals surface area contributed by atoms with Gasteiger partial charge in [0.05, 0.1) is 6.61 Å². The summed E-state index contributed by atoms with van der Waals surface area (Å²) in [7, 11) is 0. The van der Waals surface area contributed by atoms with Gasteiger partial charge in [-0.1, -0.05) is 6.07 Å². The van der Waals surface area contributed by atoms with Crippen LogP contribution in [0.2, 0.25) is 0 Å². The number of hydrogen-bond donors (Lipinski definition) is 0. The van der Waals surface area contributed by atoms with Crippen molar-refractivity contribution in [1.29, 1.82) is 0 Å². The first-order chi connectivity index (χ1) is 6.75. The summed E-state index contributed by atoms with van der Waals surface area (Å²) in [5.74, 6) is 0.707. The third kappa shape index (κ3) is 1.87. The predicted molar refractivity (Wildman–Crippen MR) is 51.1 cm³/mol. The van der Waals surface area contributed by atoms with Gasteiger partial charge in [-0.25, -0.2) is 0 Å². The summed E-state index contributed by atoms with van der Waals surface area (Å²) < 4.78 is 10.3. The fourth-order valence-corrected chi connectivity index (χ4v) is 1.51. The molecule has 3 nitrogen and oxygen atoms in total. The fraction of sp³-hybridized carbons (Fsp3) is 0.364. The minimum absolute atomic E-state index is 0.248. The predicted octanol–water partition coefficient (Wildman–Crippen LogP) is 1.68. The van der Waals surface area contributed by atoms with Crippen molar-refractivity contribution in [2.45, 2.75) is 20.0 Å². The van der Waals surface area contributed by atoms with Gasteiger partial charge in [0.25, 0.3) is 0 Å². The van der Waals surface area contributed by atoms with Crippen molar-refractivity contribution < 1.29 is 14.3 Å². The molecule has 0 aromatic heterocycles. The van der Waals surface area contributed by atoms with E-state index in [1.807, 2.05) is 18.2 Å². The van der Waals surface area contributed by atoms with Gasteiger partial charge in [0.15, 0.2) is 0 Å². The van der Waals surface area contributed by atoms with Crippen LogP contribution < -0.4 is 4.74 Å². The molecule has 2 rings (SSSR count). The van der Waals surface area contributed by atoms with E-state index in [9.17, 15) is 4.79 Å². The lowest BCUT2D eigenvalue weighted by molar-refractivity contribution is -0.142. The first kappa shape index (κ1) is 9.06. The van der Waals surface area contributed by atoms with Gasteiger partial charge in [-0.2, -0.15) is 0 Å². The van der Waals surface area contributed by atoms with E-state index in [0.717, 1.165) is 24.3 Å². The standard InChI is InChI=1S/C11H12O3/c1-8(12)14-7-9-2-3-11-10(6-9)4-5-13-11/h2-3,6H,4-5,7H2,1H3. The molecule has 3 heteroatoms. The Hall–Kier alpha value is -1.51. The first-order valence-corrected chi connectivity index (χ1v) is 4.63. The Balaban J connectivity index is 2.09. The van der Waals surface area contributed by atoms with Crippen molar-refractivity contribution in [3.63, 3.8) is 0 Å². The summed E-state index contributed by atoms with van der Waals surface area (Å²) in [6.07, 6.45) is 0.948. The molecule has 1 aliphatic heterocycles. The van der Waals surface area contributed by atoms with Gasteiger partial charge < -0.3 is 9.47 Å². The van der Waals surface area contributed by atoms with Crippen LogP contribution in [0.15, 0.2) is 18.2 Å². The van der Waals surface area contributed by atoms with E-state index >= 15 is 0 Å². The van der Waals surface area contributed by atoms with Crippen LogP contribution in [0, 0.1) is 0 Å². The Bertz CT molecular complexity index is 358. The molecule has 1 heterocycles. The molecular weight excluding hydrogens is 180 g/mol. The van der Waals surface area contributed by atoms with Crippen molar-refractivity contribution in [2.75, 3.05) is 6.61 Å². The highest BCUT2D eigenvalue weighted by Gasteiger charge is 2.11. The molecule has 0 N–H and O–H groups in total. The maximum atomic E-state index is 10.6. The Morgan fingerprint density at radius 1 is 1.57 bits per heavy atom. The molecule has 74 valence electrons. The maximum absolute atomic E-state index is 10.6. The van der Waals surface area contributed by atoms with Crippen LogP contribution in [0.25, 0.3) is 0 Å². The highest BCUT2D eigenvalue weighted by Crippen LogP contribution is 2.25. The quantitative estimate of drug-likeness (QED) is 0.669. The van der Waals surface area contributed by atoms with Gasteiger partial charge in [0, 0.05) is 13.3 Å². The monoisotopic (exact) mass is 192 g/mol. The molecular formula is C11H12O3. The normalized spacial score (nSPS) is 13.2. The average Bonchev–Trinajstić information content (AvgIpc) is 2.61. The third-order valence-corrected chi connectivity index (χ3v) is 2.20. The Kier molecular flexibility index (Phi) is 2.39. The minimum atomic E-state index is -0.248. The molecule has 0 radical (unpaired) electrons. The van der Waals surface area contributed by atoms with Crippen molar-refractivity contribution in [2.24, 2.45) is 0 Å². The molecule has 0 saturated carbocycles. The van der Waals surface area contributed by atoms with Gasteiger partial charge in [-0.3, -0.25) is 4.79 Å². The van der Waals surface area contributed by atoms with E-state index in [0.29, 0.717) is 6.61 Å². The van der Waals surface area contributed by atoms with Gasteiger partial charge in [0.2, 0.25) is 0 Å². The zero-order valence-electron chi connectivity index (χ0n) is 8.08. The van der Waals surface area contributed by atoms with E-state index in [1.54, 1.807) is 0 Å². The molecule has 1 aromatic rings. The van der Waals surface area contributed by atoms with Crippen molar-refractivity contribution >= 4 is 5.97 Å². The van der Waals surface area contributed by atoms with E-state index in [1.165, 1.54) is 12.5 Å². The van der Waals surface area contributed by atoms with Crippen LogP contribution >= 0.6 is 0 Å². The molecule has 0 spiro atoms. The number of benzene rings is 1. The lowest BCUT2D eigenvalue weighted by atomic mass is 10.1. The maximum Gasteiger partial charge on any atom is 0.302 e. The van der Waals surface area contributed by atoms with Crippen molar-refractivity contribution in [3.8, 4) is 5.75 Å². The molecule has 1 aromatic carbocycles. The summed E-state index contributed by atoms with van der Waals surface area (Å²) in [6, 6.07) is 5.89. The van der Waals surface area contributed by atoms with E-state index in [4.69, 9.17) is 9.47 Å². The van der Waals surface area contributed by atoms with E-state index in [2.05, 4.69) is 0 Å². The lowest BCUT2D eigenvalue weighted by Gasteiger charge is -2.04. The zero-order valence-corrected chi connectivity index (χ0v) is 8.08. The summed E-state index contributed by atoms with van der Waals surface area (Å²) in [5.41, 5.74) is 2.22. The summed E-state index contributed by atoms with van der Waals surface area (Å²) in [6.45, 7) is 2.52. The number of fused-ring (bicyclic) bond motifs is 1. The van der Waals surface area contributed by atoms with Crippen LogP contribution in [-0.2, 0) is 22.6 Å². The second-order valence-corrected chi connectivity index (χ2v) is 3.32. The van der Waals surface area contributed by atoms with Gasteiger partial charge in [-0.15, -0.1) is 0 Å². The first-order valence-electron chi connectivity index (χ1n) is 4.63. The Morgan fingerprint density at radius 3 is 3.21 bits per heavy atom. The molecule has 0 bridgehead atoms. The SMILES string of the molecule is CC(=O)OCc1ccc2c(c1)CCO2.